The number of rotatable bonds is 5. The SMILES string of the molecule is N#CCOc1ccc(C(=O)/C=C/c2ccc(F)c(F)c2)cc1. The number of carbonyl (C=O) groups excluding carboxylic acids is 1. The summed E-state index contributed by atoms with van der Waals surface area (Å²) in [6, 6.07) is 11.5. The lowest BCUT2D eigenvalue weighted by molar-refractivity contribution is 0.104. The monoisotopic (exact) mass is 299 g/mol. The van der Waals surface area contributed by atoms with Crippen molar-refractivity contribution in [2.24, 2.45) is 0 Å². The molecule has 0 unspecified atom stereocenters. The lowest BCUT2D eigenvalue weighted by atomic mass is 10.1. The number of ketones is 1. The van der Waals surface area contributed by atoms with Crippen LogP contribution < -0.4 is 4.74 Å². The molecule has 5 heteroatoms. The van der Waals surface area contributed by atoms with Crippen molar-refractivity contribution in [2.45, 2.75) is 0 Å². The van der Waals surface area contributed by atoms with Gasteiger partial charge in [0.1, 0.15) is 11.8 Å². The fourth-order valence-electron chi connectivity index (χ4n) is 1.72. The quantitative estimate of drug-likeness (QED) is 0.624. The van der Waals surface area contributed by atoms with E-state index in [4.69, 9.17) is 10.00 Å². The van der Waals surface area contributed by atoms with E-state index >= 15 is 0 Å². The Morgan fingerprint density at radius 1 is 1.14 bits per heavy atom. The third kappa shape index (κ3) is 4.00. The van der Waals surface area contributed by atoms with E-state index in [2.05, 4.69) is 0 Å². The van der Waals surface area contributed by atoms with Crippen LogP contribution in [0.2, 0.25) is 0 Å². The number of benzene rings is 2. The second kappa shape index (κ2) is 7.14. The van der Waals surface area contributed by atoms with Gasteiger partial charge in [0.05, 0.1) is 0 Å². The Morgan fingerprint density at radius 3 is 2.50 bits per heavy atom. The van der Waals surface area contributed by atoms with Gasteiger partial charge in [-0.25, -0.2) is 8.78 Å². The topological polar surface area (TPSA) is 50.1 Å². The fourth-order valence-corrected chi connectivity index (χ4v) is 1.72. The summed E-state index contributed by atoms with van der Waals surface area (Å²) in [5.74, 6) is -1.69. The maximum absolute atomic E-state index is 13.0. The molecule has 0 saturated carbocycles. The van der Waals surface area contributed by atoms with Gasteiger partial charge in [0, 0.05) is 5.56 Å². The van der Waals surface area contributed by atoms with Crippen molar-refractivity contribution in [3.05, 3.63) is 71.3 Å². The van der Waals surface area contributed by atoms with E-state index < -0.39 is 11.6 Å². The molecule has 0 spiro atoms. The van der Waals surface area contributed by atoms with Crippen molar-refractivity contribution in [3.63, 3.8) is 0 Å². The van der Waals surface area contributed by atoms with Crippen molar-refractivity contribution in [1.29, 1.82) is 5.26 Å². The van der Waals surface area contributed by atoms with Gasteiger partial charge in [0.25, 0.3) is 0 Å². The van der Waals surface area contributed by atoms with Crippen molar-refractivity contribution >= 4 is 11.9 Å². The summed E-state index contributed by atoms with van der Waals surface area (Å²) < 4.78 is 30.9. The van der Waals surface area contributed by atoms with Crippen molar-refractivity contribution in [2.75, 3.05) is 6.61 Å². The molecule has 0 aliphatic carbocycles. The Balaban J connectivity index is 2.06. The molecule has 0 aliphatic heterocycles. The van der Waals surface area contributed by atoms with E-state index in [-0.39, 0.29) is 12.4 Å². The number of carbonyl (C=O) groups is 1. The summed E-state index contributed by atoms with van der Waals surface area (Å²) in [6.07, 6.45) is 2.68. The van der Waals surface area contributed by atoms with Crippen LogP contribution in [-0.2, 0) is 0 Å². The highest BCUT2D eigenvalue weighted by Gasteiger charge is 2.04. The Labute approximate surface area is 126 Å². The van der Waals surface area contributed by atoms with Crippen molar-refractivity contribution < 1.29 is 18.3 Å². The first-order valence-electron chi connectivity index (χ1n) is 6.37. The molecule has 0 N–H and O–H groups in total. The Morgan fingerprint density at radius 2 is 1.86 bits per heavy atom. The number of ether oxygens (including phenoxy) is 1. The number of nitrogens with zero attached hydrogens (tertiary/aromatic N) is 1. The first-order valence-corrected chi connectivity index (χ1v) is 6.37. The second-order valence-electron chi connectivity index (χ2n) is 4.34. The van der Waals surface area contributed by atoms with Gasteiger partial charge in [-0.1, -0.05) is 12.1 Å². The lowest BCUT2D eigenvalue weighted by Gasteiger charge is -2.02. The molecular formula is C17H11F2NO2. The van der Waals surface area contributed by atoms with Gasteiger partial charge in [-0.05, 0) is 48.0 Å². The smallest absolute Gasteiger partial charge is 0.185 e. The predicted octanol–water partition coefficient (Wildman–Crippen LogP) is 3.76. The normalized spacial score (nSPS) is 10.4. The summed E-state index contributed by atoms with van der Waals surface area (Å²) in [7, 11) is 0. The minimum absolute atomic E-state index is 0.0661. The van der Waals surface area contributed by atoms with Gasteiger partial charge in [0.2, 0.25) is 0 Å². The first kappa shape index (κ1) is 15.4. The van der Waals surface area contributed by atoms with E-state index in [0.717, 1.165) is 12.1 Å². The maximum Gasteiger partial charge on any atom is 0.185 e. The molecule has 0 aromatic heterocycles. The van der Waals surface area contributed by atoms with E-state index in [9.17, 15) is 13.6 Å². The Kier molecular flexibility index (Phi) is 4.99. The van der Waals surface area contributed by atoms with Gasteiger partial charge in [-0.15, -0.1) is 0 Å². The molecule has 2 aromatic carbocycles. The van der Waals surface area contributed by atoms with Crippen LogP contribution in [0.4, 0.5) is 8.78 Å². The van der Waals surface area contributed by atoms with Crippen molar-refractivity contribution in [1.82, 2.24) is 0 Å². The minimum Gasteiger partial charge on any atom is -0.479 e. The number of allylic oxidation sites excluding steroid dienone is 1. The van der Waals surface area contributed by atoms with E-state index in [1.165, 1.54) is 18.2 Å². The van der Waals surface area contributed by atoms with Crippen LogP contribution in [0.15, 0.2) is 48.5 Å². The number of hydrogen-bond acceptors (Lipinski definition) is 3. The third-order valence-electron chi connectivity index (χ3n) is 2.81. The lowest BCUT2D eigenvalue weighted by Crippen LogP contribution is -1.96. The molecule has 0 radical (unpaired) electrons. The van der Waals surface area contributed by atoms with Gasteiger partial charge in [-0.2, -0.15) is 5.26 Å². The Hall–Kier alpha value is -3.00. The molecule has 0 bridgehead atoms. The van der Waals surface area contributed by atoms with Crippen LogP contribution >= 0.6 is 0 Å². The molecule has 22 heavy (non-hydrogen) atoms. The number of nitriles is 1. The van der Waals surface area contributed by atoms with Crippen LogP contribution in [-0.4, -0.2) is 12.4 Å². The molecular weight excluding hydrogens is 288 g/mol. The average molecular weight is 299 g/mol. The molecule has 0 saturated heterocycles. The molecule has 0 fully saturated rings. The third-order valence-corrected chi connectivity index (χ3v) is 2.81. The van der Waals surface area contributed by atoms with Gasteiger partial charge in [0.15, 0.2) is 24.0 Å². The molecule has 3 nitrogen and oxygen atoms in total. The molecule has 2 rings (SSSR count). The van der Waals surface area contributed by atoms with Crippen LogP contribution in [0.1, 0.15) is 15.9 Å². The number of halogens is 2. The maximum atomic E-state index is 13.0. The van der Waals surface area contributed by atoms with Crippen LogP contribution in [0.25, 0.3) is 6.08 Å². The number of hydrogen-bond donors (Lipinski definition) is 0. The van der Waals surface area contributed by atoms with Gasteiger partial charge >= 0.3 is 0 Å². The zero-order chi connectivity index (χ0) is 15.9. The molecule has 0 amide bonds. The molecule has 0 heterocycles. The molecule has 0 aliphatic rings. The predicted molar refractivity (Wildman–Crippen MR) is 77.3 cm³/mol. The van der Waals surface area contributed by atoms with E-state index in [1.807, 2.05) is 6.07 Å². The van der Waals surface area contributed by atoms with Gasteiger partial charge < -0.3 is 4.74 Å². The van der Waals surface area contributed by atoms with Gasteiger partial charge in [-0.3, -0.25) is 4.79 Å². The largest absolute Gasteiger partial charge is 0.479 e. The highest BCUT2D eigenvalue weighted by Crippen LogP contribution is 2.14. The second-order valence-corrected chi connectivity index (χ2v) is 4.34. The zero-order valence-electron chi connectivity index (χ0n) is 11.4. The summed E-state index contributed by atoms with van der Waals surface area (Å²) >= 11 is 0. The summed E-state index contributed by atoms with van der Waals surface area (Å²) in [5, 5.41) is 8.40. The van der Waals surface area contributed by atoms with Crippen LogP contribution in [0.5, 0.6) is 5.75 Å². The molecule has 0 atom stereocenters. The highest BCUT2D eigenvalue weighted by molar-refractivity contribution is 6.06. The average Bonchev–Trinajstić information content (AvgIpc) is 2.54. The summed E-state index contributed by atoms with van der Waals surface area (Å²) in [4.78, 5) is 11.9. The zero-order valence-corrected chi connectivity index (χ0v) is 11.4. The van der Waals surface area contributed by atoms with E-state index in [0.29, 0.717) is 16.9 Å². The molecule has 2 aromatic rings. The van der Waals surface area contributed by atoms with Crippen molar-refractivity contribution in [3.8, 4) is 11.8 Å². The standard InChI is InChI=1S/C17H11F2NO2/c18-15-7-1-12(11-16(15)19)2-8-17(21)13-3-5-14(6-4-13)22-10-9-20/h1-8,11H,10H2/b8-2+. The first-order chi connectivity index (χ1) is 10.6. The summed E-state index contributed by atoms with van der Waals surface area (Å²) in [5.41, 5.74) is 0.810. The van der Waals surface area contributed by atoms with E-state index in [1.54, 1.807) is 24.3 Å². The summed E-state index contributed by atoms with van der Waals surface area (Å²) in [6.45, 7) is -0.0661. The highest BCUT2D eigenvalue weighted by atomic mass is 19.2. The molecule has 110 valence electrons. The fraction of sp³-hybridized carbons (Fsp3) is 0.0588. The Bertz CT molecular complexity index is 746. The van der Waals surface area contributed by atoms with Crippen LogP contribution in [0.3, 0.4) is 0 Å². The van der Waals surface area contributed by atoms with Crippen LogP contribution in [0, 0.1) is 23.0 Å². The minimum atomic E-state index is -0.964.